The van der Waals surface area contributed by atoms with E-state index in [0.717, 1.165) is 11.8 Å². The van der Waals surface area contributed by atoms with Crippen molar-refractivity contribution < 1.29 is 13.2 Å². The minimum absolute atomic E-state index is 0.110. The molecule has 1 aromatic heterocycles. The molecule has 23 heavy (non-hydrogen) atoms. The highest BCUT2D eigenvalue weighted by atomic mass is 32.2. The maximum Gasteiger partial charge on any atom is 0.261 e. The van der Waals surface area contributed by atoms with E-state index in [1.54, 1.807) is 38.4 Å². The van der Waals surface area contributed by atoms with Crippen molar-refractivity contribution in [1.29, 1.82) is 0 Å². The lowest BCUT2D eigenvalue weighted by Crippen LogP contribution is -2.33. The predicted octanol–water partition coefficient (Wildman–Crippen LogP) is 2.05. The molecule has 1 aromatic carbocycles. The fourth-order valence-electron chi connectivity index (χ4n) is 2.22. The summed E-state index contributed by atoms with van der Waals surface area (Å²) in [6.45, 7) is 5.84. The Morgan fingerprint density at radius 1 is 1.35 bits per heavy atom. The third-order valence-electron chi connectivity index (χ3n) is 3.18. The Bertz CT molecular complexity index is 853. The Kier molecular flexibility index (Phi) is 4.70. The number of nitrogens with zero attached hydrogens (tertiary/aromatic N) is 3. The molecule has 7 heteroatoms. The fourth-order valence-corrected chi connectivity index (χ4v) is 3.10. The fraction of sp³-hybridized carbons (Fsp3) is 0.250. The molecule has 0 spiro atoms. The number of sulfone groups is 1. The van der Waals surface area contributed by atoms with Crippen molar-refractivity contribution >= 4 is 21.4 Å². The van der Waals surface area contributed by atoms with Gasteiger partial charge in [-0.3, -0.25) is 9.48 Å². The van der Waals surface area contributed by atoms with Crippen molar-refractivity contribution in [2.24, 2.45) is 7.05 Å². The van der Waals surface area contributed by atoms with E-state index in [1.165, 1.54) is 21.8 Å². The SMILES string of the molecule is C=C(C)CN(C(=O)c1cnn(C)c1)c1ccccc1S(C)(=O)=O. The second kappa shape index (κ2) is 6.37. The van der Waals surface area contributed by atoms with E-state index in [-0.39, 0.29) is 17.3 Å². The zero-order valence-electron chi connectivity index (χ0n) is 13.4. The Hall–Kier alpha value is -2.41. The number of aromatic nitrogens is 2. The summed E-state index contributed by atoms with van der Waals surface area (Å²) in [5.41, 5.74) is 1.47. The van der Waals surface area contributed by atoms with Crippen molar-refractivity contribution in [1.82, 2.24) is 9.78 Å². The van der Waals surface area contributed by atoms with Gasteiger partial charge in [-0.1, -0.05) is 24.3 Å². The molecule has 2 rings (SSSR count). The molecule has 0 saturated heterocycles. The molecule has 0 bridgehead atoms. The van der Waals surface area contributed by atoms with Gasteiger partial charge in [-0.15, -0.1) is 0 Å². The minimum Gasteiger partial charge on any atom is -0.303 e. The van der Waals surface area contributed by atoms with Crippen LogP contribution in [0.1, 0.15) is 17.3 Å². The number of anilines is 1. The molecule has 0 aliphatic carbocycles. The minimum atomic E-state index is -3.47. The van der Waals surface area contributed by atoms with Crippen molar-refractivity contribution in [3.8, 4) is 0 Å². The van der Waals surface area contributed by atoms with Gasteiger partial charge in [0.15, 0.2) is 9.84 Å². The van der Waals surface area contributed by atoms with Crippen LogP contribution in [0.5, 0.6) is 0 Å². The molecule has 0 N–H and O–H groups in total. The maximum absolute atomic E-state index is 12.8. The standard InChI is InChI=1S/C16H19N3O3S/c1-12(2)10-19(16(20)13-9-17-18(3)11-13)14-7-5-6-8-15(14)23(4,21)22/h5-9,11H,1,10H2,2-4H3. The average molecular weight is 333 g/mol. The van der Waals surface area contributed by atoms with Crippen molar-refractivity contribution in [2.45, 2.75) is 11.8 Å². The molecule has 122 valence electrons. The highest BCUT2D eigenvalue weighted by Crippen LogP contribution is 2.27. The second-order valence-corrected chi connectivity index (χ2v) is 7.48. The van der Waals surface area contributed by atoms with E-state index in [2.05, 4.69) is 11.7 Å². The third kappa shape index (κ3) is 3.87. The first-order chi connectivity index (χ1) is 10.7. The van der Waals surface area contributed by atoms with Gasteiger partial charge in [0.25, 0.3) is 5.91 Å². The monoisotopic (exact) mass is 333 g/mol. The van der Waals surface area contributed by atoms with E-state index < -0.39 is 9.84 Å². The lowest BCUT2D eigenvalue weighted by molar-refractivity contribution is 0.0988. The molecule has 0 unspecified atom stereocenters. The Balaban J connectivity index is 2.56. The van der Waals surface area contributed by atoms with Crippen LogP contribution >= 0.6 is 0 Å². The summed E-state index contributed by atoms with van der Waals surface area (Å²) in [6, 6.07) is 6.44. The van der Waals surface area contributed by atoms with Gasteiger partial charge in [0, 0.05) is 26.0 Å². The number of benzene rings is 1. The van der Waals surface area contributed by atoms with Gasteiger partial charge in [-0.25, -0.2) is 8.42 Å². The smallest absolute Gasteiger partial charge is 0.261 e. The molecule has 0 radical (unpaired) electrons. The molecule has 2 aromatic rings. The second-order valence-electron chi connectivity index (χ2n) is 5.49. The first kappa shape index (κ1) is 17.0. The summed E-state index contributed by atoms with van der Waals surface area (Å²) in [4.78, 5) is 14.3. The van der Waals surface area contributed by atoms with E-state index in [0.29, 0.717) is 11.3 Å². The summed E-state index contributed by atoms with van der Waals surface area (Å²) in [5, 5.41) is 3.99. The summed E-state index contributed by atoms with van der Waals surface area (Å²) in [7, 11) is -1.76. The lowest BCUT2D eigenvalue weighted by atomic mass is 10.2. The first-order valence-electron chi connectivity index (χ1n) is 6.94. The molecule has 0 aliphatic heterocycles. The quantitative estimate of drug-likeness (QED) is 0.785. The summed E-state index contributed by atoms with van der Waals surface area (Å²) >= 11 is 0. The van der Waals surface area contributed by atoms with Gasteiger partial charge in [0.05, 0.1) is 22.3 Å². The number of hydrogen-bond donors (Lipinski definition) is 0. The molecule has 0 atom stereocenters. The van der Waals surface area contributed by atoms with Gasteiger partial charge in [-0.05, 0) is 19.1 Å². The third-order valence-corrected chi connectivity index (χ3v) is 4.32. The average Bonchev–Trinajstić information content (AvgIpc) is 2.89. The zero-order valence-corrected chi connectivity index (χ0v) is 14.2. The molecule has 1 heterocycles. The highest BCUT2D eigenvalue weighted by molar-refractivity contribution is 7.90. The van der Waals surface area contributed by atoms with E-state index in [4.69, 9.17) is 0 Å². The van der Waals surface area contributed by atoms with Crippen LogP contribution in [0.15, 0.2) is 53.7 Å². The van der Waals surface area contributed by atoms with Crippen LogP contribution in [0.4, 0.5) is 5.69 Å². The van der Waals surface area contributed by atoms with E-state index in [1.807, 2.05) is 0 Å². The Morgan fingerprint density at radius 2 is 2.00 bits per heavy atom. The van der Waals surface area contributed by atoms with Crippen molar-refractivity contribution in [2.75, 3.05) is 17.7 Å². The summed E-state index contributed by atoms with van der Waals surface area (Å²) < 4.78 is 25.6. The van der Waals surface area contributed by atoms with Gasteiger partial charge < -0.3 is 4.90 Å². The molecule has 1 amide bonds. The van der Waals surface area contributed by atoms with Crippen molar-refractivity contribution in [3.63, 3.8) is 0 Å². The Morgan fingerprint density at radius 3 is 2.52 bits per heavy atom. The van der Waals surface area contributed by atoms with Gasteiger partial charge >= 0.3 is 0 Å². The number of rotatable bonds is 5. The molecule has 6 nitrogen and oxygen atoms in total. The largest absolute Gasteiger partial charge is 0.303 e. The zero-order chi connectivity index (χ0) is 17.2. The van der Waals surface area contributed by atoms with Crippen LogP contribution < -0.4 is 4.90 Å². The number of hydrogen-bond acceptors (Lipinski definition) is 4. The maximum atomic E-state index is 12.8. The molecule has 0 fully saturated rings. The molecular weight excluding hydrogens is 314 g/mol. The van der Waals surface area contributed by atoms with Gasteiger partial charge in [0.1, 0.15) is 0 Å². The van der Waals surface area contributed by atoms with Gasteiger partial charge in [-0.2, -0.15) is 5.10 Å². The number of carbonyl (C=O) groups excluding carboxylic acids is 1. The van der Waals surface area contributed by atoms with Crippen LogP contribution in [-0.4, -0.2) is 36.9 Å². The predicted molar refractivity (Wildman–Crippen MR) is 89.3 cm³/mol. The molecule has 0 aliphatic rings. The van der Waals surface area contributed by atoms with Crippen LogP contribution in [0.2, 0.25) is 0 Å². The van der Waals surface area contributed by atoms with Crippen LogP contribution in [0, 0.1) is 0 Å². The van der Waals surface area contributed by atoms with E-state index in [9.17, 15) is 13.2 Å². The van der Waals surface area contributed by atoms with E-state index >= 15 is 0 Å². The van der Waals surface area contributed by atoms with Gasteiger partial charge in [0.2, 0.25) is 0 Å². The number of carbonyl (C=O) groups is 1. The van der Waals surface area contributed by atoms with Crippen LogP contribution in [-0.2, 0) is 16.9 Å². The number of aryl methyl sites for hydroxylation is 1. The molecule has 0 saturated carbocycles. The normalized spacial score (nSPS) is 11.3. The number of amides is 1. The topological polar surface area (TPSA) is 72.3 Å². The molecular formula is C16H19N3O3S. The first-order valence-corrected chi connectivity index (χ1v) is 8.83. The van der Waals surface area contributed by atoms with Crippen molar-refractivity contribution in [3.05, 3.63) is 54.4 Å². The Labute approximate surface area is 136 Å². The summed E-state index contributed by atoms with van der Waals surface area (Å²) in [6.07, 6.45) is 4.17. The lowest BCUT2D eigenvalue weighted by Gasteiger charge is -2.24. The number of para-hydroxylation sites is 1. The highest BCUT2D eigenvalue weighted by Gasteiger charge is 2.24. The van der Waals surface area contributed by atoms with Crippen LogP contribution in [0.3, 0.4) is 0 Å². The van der Waals surface area contributed by atoms with Crippen LogP contribution in [0.25, 0.3) is 0 Å². The summed E-state index contributed by atoms with van der Waals surface area (Å²) in [5.74, 6) is -0.322.